The predicted molar refractivity (Wildman–Crippen MR) is 127 cm³/mol. The van der Waals surface area contributed by atoms with Crippen molar-refractivity contribution in [2.45, 2.75) is 19.9 Å². The van der Waals surface area contributed by atoms with E-state index < -0.39 is 5.97 Å². The second kappa shape index (κ2) is 8.89. The minimum absolute atomic E-state index is 0.157. The van der Waals surface area contributed by atoms with Crippen LogP contribution in [0, 0.1) is 6.92 Å². The van der Waals surface area contributed by atoms with Crippen LogP contribution in [-0.4, -0.2) is 48.9 Å². The van der Waals surface area contributed by atoms with E-state index in [4.69, 9.17) is 13.9 Å². The third-order valence-corrected chi connectivity index (χ3v) is 6.31. The molecular weight excluding hydrogens is 418 g/mol. The molecule has 1 aliphatic heterocycles. The highest BCUT2D eigenvalue weighted by molar-refractivity contribution is 6.16. The summed E-state index contributed by atoms with van der Waals surface area (Å²) in [5, 5.41) is 13.8. The number of morpholine rings is 1. The Bertz CT molecular complexity index is 1300. The standard InChI is InChI=1S/C27H27NO5/c1-3-32-27(30)21-17(2)33-26-20-12-8-7-11-19(20)25(29)23(22(21)26)24(18-9-5-4-6-10-18)28-13-15-31-16-14-28/h4-12,24,29H,3,13-16H2,1-2H3/t24-/m1/s1. The van der Waals surface area contributed by atoms with E-state index in [-0.39, 0.29) is 18.4 Å². The van der Waals surface area contributed by atoms with Gasteiger partial charge in [0, 0.05) is 34.8 Å². The quantitative estimate of drug-likeness (QED) is 0.426. The normalized spacial score (nSPS) is 15.7. The highest BCUT2D eigenvalue weighted by atomic mass is 16.5. The van der Waals surface area contributed by atoms with Gasteiger partial charge < -0.3 is 19.0 Å². The Balaban J connectivity index is 1.89. The average Bonchev–Trinajstić information content (AvgIpc) is 3.20. The lowest BCUT2D eigenvalue weighted by molar-refractivity contribution is 0.0238. The molecule has 1 N–H and O–H groups in total. The topological polar surface area (TPSA) is 72.1 Å². The number of phenolic OH excluding ortho intramolecular Hbond substituents is 1. The van der Waals surface area contributed by atoms with Gasteiger partial charge in [0.05, 0.1) is 25.9 Å². The summed E-state index contributed by atoms with van der Waals surface area (Å²) in [7, 11) is 0. The number of nitrogens with zero attached hydrogens (tertiary/aromatic N) is 1. The Morgan fingerprint density at radius 1 is 1.06 bits per heavy atom. The number of carbonyl (C=O) groups excluding carboxylic acids is 1. The van der Waals surface area contributed by atoms with Crippen LogP contribution in [0.1, 0.15) is 40.2 Å². The molecule has 1 fully saturated rings. The first-order valence-electron chi connectivity index (χ1n) is 11.3. The van der Waals surface area contributed by atoms with Crippen LogP contribution >= 0.6 is 0 Å². The maximum absolute atomic E-state index is 13.1. The molecule has 0 bridgehead atoms. The van der Waals surface area contributed by atoms with E-state index in [0.29, 0.717) is 59.5 Å². The number of benzene rings is 3. The fourth-order valence-electron chi connectivity index (χ4n) is 4.89. The van der Waals surface area contributed by atoms with Crippen molar-refractivity contribution < 1.29 is 23.8 Å². The van der Waals surface area contributed by atoms with Gasteiger partial charge in [-0.15, -0.1) is 0 Å². The molecule has 4 aromatic rings. The van der Waals surface area contributed by atoms with Crippen LogP contribution in [0.2, 0.25) is 0 Å². The Morgan fingerprint density at radius 3 is 2.42 bits per heavy atom. The molecule has 1 aliphatic rings. The molecule has 33 heavy (non-hydrogen) atoms. The Labute approximate surface area is 192 Å². The van der Waals surface area contributed by atoms with Crippen molar-refractivity contribution in [3.8, 4) is 5.75 Å². The summed E-state index contributed by atoms with van der Waals surface area (Å²) in [6.45, 7) is 6.44. The van der Waals surface area contributed by atoms with E-state index in [2.05, 4.69) is 17.0 Å². The van der Waals surface area contributed by atoms with Gasteiger partial charge in [0.15, 0.2) is 0 Å². The zero-order chi connectivity index (χ0) is 22.9. The van der Waals surface area contributed by atoms with Crippen LogP contribution in [0.5, 0.6) is 5.75 Å². The van der Waals surface area contributed by atoms with Crippen LogP contribution < -0.4 is 0 Å². The first kappa shape index (κ1) is 21.5. The third-order valence-electron chi connectivity index (χ3n) is 6.31. The number of fused-ring (bicyclic) bond motifs is 3. The number of esters is 1. The van der Waals surface area contributed by atoms with Crippen molar-refractivity contribution in [2.24, 2.45) is 0 Å². The zero-order valence-electron chi connectivity index (χ0n) is 18.8. The maximum Gasteiger partial charge on any atom is 0.342 e. The summed E-state index contributed by atoms with van der Waals surface area (Å²) < 4.78 is 17.2. The van der Waals surface area contributed by atoms with Crippen molar-refractivity contribution in [2.75, 3.05) is 32.9 Å². The molecule has 5 rings (SSSR count). The molecule has 0 radical (unpaired) electrons. The lowest BCUT2D eigenvalue weighted by Gasteiger charge is -2.36. The number of hydrogen-bond donors (Lipinski definition) is 1. The number of aryl methyl sites for hydroxylation is 1. The highest BCUT2D eigenvalue weighted by Crippen LogP contribution is 2.47. The molecule has 1 aromatic heterocycles. The van der Waals surface area contributed by atoms with Crippen molar-refractivity contribution >= 4 is 27.7 Å². The van der Waals surface area contributed by atoms with Crippen LogP contribution in [0.15, 0.2) is 59.0 Å². The van der Waals surface area contributed by atoms with Crippen LogP contribution in [0.25, 0.3) is 21.7 Å². The molecule has 6 heteroatoms. The van der Waals surface area contributed by atoms with Gasteiger partial charge in [0.2, 0.25) is 0 Å². The largest absolute Gasteiger partial charge is 0.507 e. The van der Waals surface area contributed by atoms with Gasteiger partial charge in [-0.25, -0.2) is 4.79 Å². The van der Waals surface area contributed by atoms with Crippen molar-refractivity contribution in [1.82, 2.24) is 4.90 Å². The molecule has 1 saturated heterocycles. The summed E-state index contributed by atoms with van der Waals surface area (Å²) in [4.78, 5) is 15.4. The summed E-state index contributed by atoms with van der Waals surface area (Å²) in [5.41, 5.74) is 2.65. The number of phenols is 1. The molecule has 0 saturated carbocycles. The number of furan rings is 1. The van der Waals surface area contributed by atoms with E-state index in [1.807, 2.05) is 42.5 Å². The monoisotopic (exact) mass is 445 g/mol. The van der Waals surface area contributed by atoms with Gasteiger partial charge in [-0.05, 0) is 19.4 Å². The molecular formula is C27H27NO5. The summed E-state index contributed by atoms with van der Waals surface area (Å²) >= 11 is 0. The Kier molecular flexibility index (Phi) is 5.79. The van der Waals surface area contributed by atoms with Gasteiger partial charge in [-0.2, -0.15) is 0 Å². The molecule has 170 valence electrons. The Hall–Kier alpha value is -3.35. The van der Waals surface area contributed by atoms with E-state index in [9.17, 15) is 9.90 Å². The van der Waals surface area contributed by atoms with Crippen LogP contribution in [-0.2, 0) is 9.47 Å². The van der Waals surface area contributed by atoms with Gasteiger partial charge in [0.1, 0.15) is 22.7 Å². The summed E-state index contributed by atoms with van der Waals surface area (Å²) in [5.74, 6) is 0.192. The molecule has 3 aromatic carbocycles. The zero-order valence-corrected chi connectivity index (χ0v) is 18.8. The lowest BCUT2D eigenvalue weighted by Crippen LogP contribution is -2.39. The molecule has 0 aliphatic carbocycles. The SMILES string of the molecule is CCOC(=O)c1c(C)oc2c1c([C@@H](c1ccccc1)N1CCOCC1)c(O)c1ccccc12. The highest BCUT2D eigenvalue weighted by Gasteiger charge is 2.34. The molecule has 1 atom stereocenters. The third kappa shape index (κ3) is 3.65. The number of carbonyl (C=O) groups is 1. The fourth-order valence-corrected chi connectivity index (χ4v) is 4.89. The van der Waals surface area contributed by atoms with E-state index >= 15 is 0 Å². The number of ether oxygens (including phenoxy) is 2. The first-order chi connectivity index (χ1) is 16.1. The molecule has 6 nitrogen and oxygen atoms in total. The molecule has 0 spiro atoms. The van der Waals surface area contributed by atoms with Gasteiger partial charge in [-0.1, -0.05) is 54.6 Å². The van der Waals surface area contributed by atoms with Crippen molar-refractivity contribution in [3.05, 3.63) is 77.0 Å². The van der Waals surface area contributed by atoms with Crippen LogP contribution in [0.3, 0.4) is 0 Å². The molecule has 2 heterocycles. The van der Waals surface area contributed by atoms with Crippen molar-refractivity contribution in [3.63, 3.8) is 0 Å². The van der Waals surface area contributed by atoms with Crippen LogP contribution in [0.4, 0.5) is 0 Å². The second-order valence-electron chi connectivity index (χ2n) is 8.23. The minimum Gasteiger partial charge on any atom is -0.507 e. The number of rotatable bonds is 5. The molecule has 0 unspecified atom stereocenters. The van der Waals surface area contributed by atoms with E-state index in [1.165, 1.54) is 0 Å². The fraction of sp³-hybridized carbons (Fsp3) is 0.296. The van der Waals surface area contributed by atoms with Gasteiger partial charge in [0.25, 0.3) is 0 Å². The second-order valence-corrected chi connectivity index (χ2v) is 8.23. The van der Waals surface area contributed by atoms with Gasteiger partial charge >= 0.3 is 5.97 Å². The number of aromatic hydroxyl groups is 1. The first-order valence-corrected chi connectivity index (χ1v) is 11.3. The average molecular weight is 446 g/mol. The van der Waals surface area contributed by atoms with E-state index in [1.54, 1.807) is 13.8 Å². The maximum atomic E-state index is 13.1. The molecule has 0 amide bonds. The predicted octanol–water partition coefficient (Wildman–Crippen LogP) is 5.20. The summed E-state index contributed by atoms with van der Waals surface area (Å²) in [6.07, 6.45) is 0. The van der Waals surface area contributed by atoms with Gasteiger partial charge in [-0.3, -0.25) is 4.90 Å². The van der Waals surface area contributed by atoms with E-state index in [0.717, 1.165) is 10.9 Å². The lowest BCUT2D eigenvalue weighted by atomic mass is 9.88. The smallest absolute Gasteiger partial charge is 0.342 e. The number of hydrogen-bond acceptors (Lipinski definition) is 6. The Morgan fingerprint density at radius 2 is 1.73 bits per heavy atom. The van der Waals surface area contributed by atoms with Crippen molar-refractivity contribution in [1.29, 1.82) is 0 Å². The summed E-state index contributed by atoms with van der Waals surface area (Å²) in [6, 6.07) is 17.4. The minimum atomic E-state index is -0.446.